The Morgan fingerprint density at radius 3 is 1.96 bits per heavy atom. The second-order valence-electron chi connectivity index (χ2n) is 17.9. The minimum Gasteiger partial charge on any atom is -0.456 e. The van der Waals surface area contributed by atoms with E-state index in [0.29, 0.717) is 0 Å². The summed E-state index contributed by atoms with van der Waals surface area (Å²) in [5.41, 5.74) is 15.6. The summed E-state index contributed by atoms with van der Waals surface area (Å²) >= 11 is 1.88. The average molecular weight is 871 g/mol. The van der Waals surface area contributed by atoms with Gasteiger partial charge in [0.2, 0.25) is 0 Å². The third-order valence-electron chi connectivity index (χ3n) is 14.6. The highest BCUT2D eigenvalue weighted by atomic mass is 32.2. The van der Waals surface area contributed by atoms with Gasteiger partial charge in [0.1, 0.15) is 11.2 Å². The van der Waals surface area contributed by atoms with Crippen LogP contribution in [0.25, 0.3) is 82.1 Å². The van der Waals surface area contributed by atoms with E-state index in [0.717, 1.165) is 50.2 Å². The lowest BCUT2D eigenvalue weighted by atomic mass is 9.59. The lowest BCUT2D eigenvalue weighted by Gasteiger charge is -2.46. The minimum absolute atomic E-state index is 0.595. The predicted molar refractivity (Wildman–Crippen MR) is 279 cm³/mol. The van der Waals surface area contributed by atoms with Gasteiger partial charge in [0.15, 0.2) is 0 Å². The van der Waals surface area contributed by atoms with Crippen LogP contribution in [0, 0.1) is 0 Å². The molecular formula is C63H38N2OS. The van der Waals surface area contributed by atoms with Crippen LogP contribution in [-0.4, -0.2) is 4.57 Å². The molecule has 1 atom stereocenters. The van der Waals surface area contributed by atoms with Crippen molar-refractivity contribution < 1.29 is 4.42 Å². The van der Waals surface area contributed by atoms with Gasteiger partial charge in [-0.15, -0.1) is 0 Å². The first-order valence-corrected chi connectivity index (χ1v) is 23.8. The van der Waals surface area contributed by atoms with E-state index in [2.05, 4.69) is 240 Å². The van der Waals surface area contributed by atoms with Crippen molar-refractivity contribution in [2.45, 2.75) is 15.2 Å². The molecule has 1 aliphatic heterocycles. The van der Waals surface area contributed by atoms with Gasteiger partial charge in [0, 0.05) is 42.7 Å². The summed E-state index contributed by atoms with van der Waals surface area (Å²) in [6.45, 7) is 0. The second kappa shape index (κ2) is 13.9. The second-order valence-corrected chi connectivity index (χ2v) is 19.0. The van der Waals surface area contributed by atoms with E-state index in [1.54, 1.807) is 0 Å². The van der Waals surface area contributed by atoms with Crippen molar-refractivity contribution in [1.82, 2.24) is 4.57 Å². The average Bonchev–Trinajstić information content (AvgIpc) is 3.93. The fourth-order valence-electron chi connectivity index (χ4n) is 11.9. The third kappa shape index (κ3) is 5.03. The molecule has 13 aromatic rings. The maximum Gasteiger partial charge on any atom is 0.137 e. The Morgan fingerprint density at radius 1 is 0.388 bits per heavy atom. The normalized spacial score (nSPS) is 14.9. The van der Waals surface area contributed by atoms with Crippen molar-refractivity contribution in [1.29, 1.82) is 0 Å². The van der Waals surface area contributed by atoms with Crippen LogP contribution in [0.4, 0.5) is 17.1 Å². The quantitative estimate of drug-likeness (QED) is 0.176. The van der Waals surface area contributed by atoms with E-state index in [9.17, 15) is 0 Å². The van der Waals surface area contributed by atoms with Crippen molar-refractivity contribution in [3.63, 3.8) is 0 Å². The number of para-hydroxylation sites is 2. The molecule has 2 aliphatic rings. The standard InChI is InChI=1S/C63H38N2OS/c1-2-19-43-39(15-1)16-13-28-53(43)65-54-27-8-4-21-45(54)46-35-33-42(38-56(46)65)64(55-29-14-31-58-62(55)48-22-5-9-30-57(48)66-58)41-34-36-60-52(37-41)63(50-25-7-10-32-59(50)67-60)49-24-6-3-20-44(49)47-23-11-17-40-18-12-26-51(63)61(40)47/h1-38H. The van der Waals surface area contributed by atoms with Gasteiger partial charge in [-0.3, -0.25) is 0 Å². The highest BCUT2D eigenvalue weighted by molar-refractivity contribution is 7.99. The molecule has 3 heterocycles. The van der Waals surface area contributed by atoms with Crippen molar-refractivity contribution in [3.05, 3.63) is 253 Å². The van der Waals surface area contributed by atoms with Crippen LogP contribution >= 0.6 is 11.8 Å². The topological polar surface area (TPSA) is 21.3 Å². The molecule has 0 N–H and O–H groups in total. The number of benzene rings is 11. The molecule has 2 aromatic heterocycles. The smallest absolute Gasteiger partial charge is 0.137 e. The van der Waals surface area contributed by atoms with E-state index in [1.165, 1.54) is 81.0 Å². The maximum atomic E-state index is 6.63. The van der Waals surface area contributed by atoms with Gasteiger partial charge in [-0.1, -0.05) is 176 Å². The van der Waals surface area contributed by atoms with E-state index < -0.39 is 5.41 Å². The molecule has 11 aromatic carbocycles. The van der Waals surface area contributed by atoms with Crippen LogP contribution in [0.15, 0.2) is 245 Å². The first-order chi connectivity index (χ1) is 33.2. The highest BCUT2D eigenvalue weighted by Crippen LogP contribution is 2.62. The number of rotatable bonds is 4. The molecule has 1 aliphatic carbocycles. The molecule has 0 radical (unpaired) electrons. The number of anilines is 3. The molecule has 4 heteroatoms. The van der Waals surface area contributed by atoms with Gasteiger partial charge < -0.3 is 13.9 Å². The van der Waals surface area contributed by atoms with Crippen LogP contribution in [-0.2, 0) is 5.41 Å². The Kier molecular flexibility index (Phi) is 7.64. The van der Waals surface area contributed by atoms with Gasteiger partial charge >= 0.3 is 0 Å². The van der Waals surface area contributed by atoms with Crippen LogP contribution < -0.4 is 4.90 Å². The maximum absolute atomic E-state index is 6.63. The Balaban J connectivity index is 1.06. The van der Waals surface area contributed by atoms with Crippen molar-refractivity contribution in [3.8, 4) is 16.8 Å². The van der Waals surface area contributed by atoms with Gasteiger partial charge in [-0.2, -0.15) is 0 Å². The first kappa shape index (κ1) is 37.0. The predicted octanol–water partition coefficient (Wildman–Crippen LogP) is 17.3. The number of aromatic nitrogens is 1. The van der Waals surface area contributed by atoms with Crippen molar-refractivity contribution in [2.75, 3.05) is 4.90 Å². The summed E-state index contributed by atoms with van der Waals surface area (Å²) in [5, 5.41) is 9.62. The van der Waals surface area contributed by atoms with E-state index in [-0.39, 0.29) is 0 Å². The van der Waals surface area contributed by atoms with Gasteiger partial charge in [0.25, 0.3) is 0 Å². The monoisotopic (exact) mass is 870 g/mol. The Bertz CT molecular complexity index is 4220. The molecule has 0 saturated carbocycles. The molecule has 67 heavy (non-hydrogen) atoms. The Morgan fingerprint density at radius 2 is 1.01 bits per heavy atom. The Labute approximate surface area is 390 Å². The summed E-state index contributed by atoms with van der Waals surface area (Å²) in [5.74, 6) is 0. The largest absolute Gasteiger partial charge is 0.456 e. The summed E-state index contributed by atoms with van der Waals surface area (Å²) in [6, 6.07) is 85.3. The van der Waals surface area contributed by atoms with E-state index >= 15 is 0 Å². The fourth-order valence-corrected chi connectivity index (χ4v) is 13.1. The minimum atomic E-state index is -0.595. The number of nitrogens with zero attached hydrogens (tertiary/aromatic N) is 2. The van der Waals surface area contributed by atoms with Gasteiger partial charge in [0.05, 0.1) is 33.2 Å². The molecule has 312 valence electrons. The van der Waals surface area contributed by atoms with Crippen molar-refractivity contribution >= 4 is 94.1 Å². The SMILES string of the molecule is c1ccc2c(c1)Sc1ccc(N(c3ccc4c5ccccc5n(-c5cccc6ccccc56)c4c3)c3cccc4oc5ccccc5c34)cc1C21c2ccccc2-c2cccc3cccc1c23. The molecule has 0 saturated heterocycles. The zero-order valence-corrected chi connectivity index (χ0v) is 37.0. The summed E-state index contributed by atoms with van der Waals surface area (Å²) < 4.78 is 9.10. The van der Waals surface area contributed by atoms with E-state index in [1.807, 2.05) is 11.8 Å². The van der Waals surface area contributed by atoms with Crippen LogP contribution in [0.3, 0.4) is 0 Å². The Hall–Kier alpha value is -8.31. The molecule has 0 fully saturated rings. The van der Waals surface area contributed by atoms with Crippen molar-refractivity contribution in [2.24, 2.45) is 0 Å². The fraction of sp³-hybridized carbons (Fsp3) is 0.0159. The van der Waals surface area contributed by atoms with Crippen LogP contribution in [0.1, 0.15) is 22.3 Å². The number of fused-ring (bicyclic) bond motifs is 15. The molecule has 0 amide bonds. The third-order valence-corrected chi connectivity index (χ3v) is 15.8. The first-order valence-electron chi connectivity index (χ1n) is 23.0. The molecule has 3 nitrogen and oxygen atoms in total. The zero-order chi connectivity index (χ0) is 43.8. The molecule has 0 bridgehead atoms. The molecule has 1 spiro atoms. The highest BCUT2D eigenvalue weighted by Gasteiger charge is 2.49. The molecule has 1 unspecified atom stereocenters. The number of hydrogen-bond donors (Lipinski definition) is 0. The van der Waals surface area contributed by atoms with Gasteiger partial charge in [-0.25, -0.2) is 0 Å². The van der Waals surface area contributed by atoms with Crippen LogP contribution in [0.5, 0.6) is 0 Å². The summed E-state index contributed by atoms with van der Waals surface area (Å²) in [7, 11) is 0. The van der Waals surface area contributed by atoms with Crippen LogP contribution in [0.2, 0.25) is 0 Å². The zero-order valence-electron chi connectivity index (χ0n) is 36.2. The molecular weight excluding hydrogens is 833 g/mol. The number of furan rings is 1. The molecule has 15 rings (SSSR count). The lowest BCUT2D eigenvalue weighted by molar-refractivity contribution is 0.669. The lowest BCUT2D eigenvalue weighted by Crippen LogP contribution is -2.36. The summed E-state index contributed by atoms with van der Waals surface area (Å²) in [6.07, 6.45) is 0. The summed E-state index contributed by atoms with van der Waals surface area (Å²) in [4.78, 5) is 5.02. The van der Waals surface area contributed by atoms with E-state index in [4.69, 9.17) is 4.42 Å². The van der Waals surface area contributed by atoms with Gasteiger partial charge in [-0.05, 0) is 116 Å². The number of hydrogen-bond acceptors (Lipinski definition) is 3.